The molecule has 0 spiro atoms. The normalized spacial score (nSPS) is 39.1. The van der Waals surface area contributed by atoms with Crippen LogP contribution in [0.4, 0.5) is 0 Å². The Labute approximate surface area is 150 Å². The Kier molecular flexibility index (Phi) is 5.42. The molecule has 1 saturated heterocycles. The summed E-state index contributed by atoms with van der Waals surface area (Å²) < 4.78 is 11.3. The van der Waals surface area contributed by atoms with Crippen LogP contribution in [0.3, 0.4) is 0 Å². The molecule has 0 amide bonds. The number of hydrogen-bond acceptors (Lipinski definition) is 4. The molecule has 1 N–H and O–H groups in total. The fourth-order valence-electron chi connectivity index (χ4n) is 5.42. The Hall–Kier alpha value is -1.10. The van der Waals surface area contributed by atoms with E-state index in [1.54, 1.807) is 6.92 Å². The van der Waals surface area contributed by atoms with E-state index in [-0.39, 0.29) is 30.0 Å². The second kappa shape index (κ2) is 7.26. The van der Waals surface area contributed by atoms with E-state index in [4.69, 9.17) is 9.47 Å². The first-order valence-corrected chi connectivity index (χ1v) is 10.0. The van der Waals surface area contributed by atoms with Crippen LogP contribution in [0.5, 0.6) is 0 Å². The number of carbonyl (C=O) groups is 2. The lowest BCUT2D eigenvalue weighted by molar-refractivity contribution is -0.170. The van der Waals surface area contributed by atoms with Crippen LogP contribution in [0, 0.1) is 29.1 Å². The number of carboxylic acids is 1. The van der Waals surface area contributed by atoms with Gasteiger partial charge in [0.05, 0.1) is 30.1 Å². The van der Waals surface area contributed by atoms with Crippen LogP contribution in [-0.2, 0) is 19.1 Å². The van der Waals surface area contributed by atoms with Gasteiger partial charge in [-0.3, -0.25) is 9.59 Å². The van der Waals surface area contributed by atoms with E-state index in [1.807, 2.05) is 0 Å². The van der Waals surface area contributed by atoms with E-state index < -0.39 is 17.3 Å². The zero-order chi connectivity index (χ0) is 18.2. The first-order valence-electron chi connectivity index (χ1n) is 10.0. The van der Waals surface area contributed by atoms with Crippen LogP contribution < -0.4 is 0 Å². The molecule has 7 atom stereocenters. The summed E-state index contributed by atoms with van der Waals surface area (Å²) in [6.45, 7) is 6.55. The SMILES string of the molecule is CCCCCC(CCC)COC(=O)C1(C)C2CC(C3OC32)C1C(=O)O. The fourth-order valence-corrected chi connectivity index (χ4v) is 5.42. The zero-order valence-electron chi connectivity index (χ0n) is 15.7. The van der Waals surface area contributed by atoms with E-state index in [1.165, 1.54) is 12.8 Å². The van der Waals surface area contributed by atoms with Gasteiger partial charge in [0, 0.05) is 11.8 Å². The van der Waals surface area contributed by atoms with Gasteiger partial charge in [-0.15, -0.1) is 0 Å². The third-order valence-electron chi connectivity index (χ3n) is 6.82. The van der Waals surface area contributed by atoms with E-state index in [0.717, 1.165) is 32.1 Å². The van der Waals surface area contributed by atoms with Gasteiger partial charge in [0.2, 0.25) is 0 Å². The van der Waals surface area contributed by atoms with Crippen LogP contribution >= 0.6 is 0 Å². The molecule has 1 aliphatic heterocycles. The van der Waals surface area contributed by atoms with Crippen LogP contribution in [0.15, 0.2) is 0 Å². The molecular weight excluding hydrogens is 320 g/mol. The van der Waals surface area contributed by atoms with Gasteiger partial charge in [-0.2, -0.15) is 0 Å². The van der Waals surface area contributed by atoms with Gasteiger partial charge >= 0.3 is 11.9 Å². The molecule has 25 heavy (non-hydrogen) atoms. The topological polar surface area (TPSA) is 76.1 Å². The van der Waals surface area contributed by atoms with Gasteiger partial charge in [0.15, 0.2) is 0 Å². The van der Waals surface area contributed by atoms with Crippen LogP contribution in [0.25, 0.3) is 0 Å². The largest absolute Gasteiger partial charge is 0.481 e. The number of carboxylic acid groups (broad SMARTS) is 1. The van der Waals surface area contributed by atoms with Crippen molar-refractivity contribution in [2.75, 3.05) is 6.61 Å². The number of ether oxygens (including phenoxy) is 2. The summed E-state index contributed by atoms with van der Waals surface area (Å²) in [6, 6.07) is 0. The predicted molar refractivity (Wildman–Crippen MR) is 93.0 cm³/mol. The van der Waals surface area contributed by atoms with Crippen molar-refractivity contribution in [3.63, 3.8) is 0 Å². The summed E-state index contributed by atoms with van der Waals surface area (Å²) in [5, 5.41) is 9.70. The van der Waals surface area contributed by atoms with Crippen molar-refractivity contribution in [2.45, 2.75) is 77.9 Å². The lowest BCUT2D eigenvalue weighted by Crippen LogP contribution is -2.48. The van der Waals surface area contributed by atoms with Crippen LogP contribution in [0.2, 0.25) is 0 Å². The first kappa shape index (κ1) is 18.7. The van der Waals surface area contributed by atoms with Crippen LogP contribution in [0.1, 0.15) is 65.7 Å². The van der Waals surface area contributed by atoms with Gasteiger partial charge < -0.3 is 14.6 Å². The number of unbranched alkanes of at least 4 members (excludes halogenated alkanes) is 2. The highest BCUT2D eigenvalue weighted by Gasteiger charge is 2.76. The van der Waals surface area contributed by atoms with Crippen molar-refractivity contribution >= 4 is 11.9 Å². The lowest BCUT2D eigenvalue weighted by atomic mass is 9.67. The van der Waals surface area contributed by atoms with Crippen molar-refractivity contribution < 1.29 is 24.2 Å². The van der Waals surface area contributed by atoms with E-state index in [0.29, 0.717) is 12.5 Å². The average molecular weight is 352 g/mol. The Morgan fingerprint density at radius 2 is 1.96 bits per heavy atom. The Morgan fingerprint density at radius 3 is 2.60 bits per heavy atom. The Balaban J connectivity index is 1.62. The summed E-state index contributed by atoms with van der Waals surface area (Å²) in [6.07, 6.45) is 7.68. The minimum Gasteiger partial charge on any atom is -0.481 e. The highest BCUT2D eigenvalue weighted by Crippen LogP contribution is 2.67. The summed E-state index contributed by atoms with van der Waals surface area (Å²) in [5.74, 6) is -1.51. The molecule has 1 heterocycles. The molecule has 0 radical (unpaired) electrons. The molecule has 5 heteroatoms. The van der Waals surface area contributed by atoms with Crippen molar-refractivity contribution in [3.05, 3.63) is 0 Å². The third kappa shape index (κ3) is 3.20. The first-order chi connectivity index (χ1) is 11.9. The van der Waals surface area contributed by atoms with Crippen LogP contribution in [-0.4, -0.2) is 35.9 Å². The molecule has 7 unspecified atom stereocenters. The van der Waals surface area contributed by atoms with Crippen molar-refractivity contribution in [1.29, 1.82) is 0 Å². The fraction of sp³-hybridized carbons (Fsp3) is 0.900. The van der Waals surface area contributed by atoms with Gasteiger partial charge in [0.25, 0.3) is 0 Å². The number of epoxide rings is 1. The molecular formula is C20H32O5. The summed E-state index contributed by atoms with van der Waals surface area (Å²) in [7, 11) is 0. The standard InChI is InChI=1S/C20H32O5/c1-4-6-7-9-12(8-5-2)11-24-19(23)20(3)14-10-13(15(20)18(21)22)16-17(14)25-16/h12-17H,4-11H2,1-3H3,(H,21,22). The van der Waals surface area contributed by atoms with Crippen molar-refractivity contribution in [1.82, 2.24) is 0 Å². The highest BCUT2D eigenvalue weighted by atomic mass is 16.6. The third-order valence-corrected chi connectivity index (χ3v) is 6.82. The molecule has 0 aromatic heterocycles. The molecule has 2 aliphatic carbocycles. The summed E-state index contributed by atoms with van der Waals surface area (Å²) >= 11 is 0. The Bertz CT molecular complexity index is 518. The number of carbonyl (C=O) groups excluding carboxylic acids is 1. The maximum atomic E-state index is 12.9. The predicted octanol–water partition coefficient (Wildman–Crippen LogP) is 3.65. The highest BCUT2D eigenvalue weighted by molar-refractivity contribution is 5.86. The average Bonchev–Trinajstić information content (AvgIpc) is 3.21. The second-order valence-electron chi connectivity index (χ2n) is 8.42. The molecule has 3 aliphatic rings. The summed E-state index contributed by atoms with van der Waals surface area (Å²) in [5.41, 5.74) is -0.936. The van der Waals surface area contributed by atoms with Gasteiger partial charge in [-0.25, -0.2) is 0 Å². The molecule has 3 fully saturated rings. The van der Waals surface area contributed by atoms with Gasteiger partial charge in [-0.1, -0.05) is 39.5 Å². The van der Waals surface area contributed by atoms with Gasteiger partial charge in [-0.05, 0) is 32.1 Å². The molecule has 2 saturated carbocycles. The van der Waals surface area contributed by atoms with Crippen molar-refractivity contribution in [3.8, 4) is 0 Å². The molecule has 0 aromatic carbocycles. The molecule has 2 bridgehead atoms. The number of hydrogen-bond donors (Lipinski definition) is 1. The Morgan fingerprint density at radius 1 is 1.20 bits per heavy atom. The van der Waals surface area contributed by atoms with E-state index in [2.05, 4.69) is 13.8 Å². The molecule has 3 rings (SSSR count). The number of fused-ring (bicyclic) bond motifs is 5. The second-order valence-corrected chi connectivity index (χ2v) is 8.42. The van der Waals surface area contributed by atoms with Gasteiger partial charge in [0.1, 0.15) is 0 Å². The van der Waals surface area contributed by atoms with E-state index in [9.17, 15) is 14.7 Å². The number of rotatable bonds is 10. The minimum absolute atomic E-state index is 0.000756. The summed E-state index contributed by atoms with van der Waals surface area (Å²) in [4.78, 5) is 24.8. The lowest BCUT2D eigenvalue weighted by Gasteiger charge is -2.35. The zero-order valence-corrected chi connectivity index (χ0v) is 15.7. The van der Waals surface area contributed by atoms with Crippen molar-refractivity contribution in [2.24, 2.45) is 29.1 Å². The number of esters is 1. The number of aliphatic carboxylic acids is 1. The maximum Gasteiger partial charge on any atom is 0.313 e. The smallest absolute Gasteiger partial charge is 0.313 e. The minimum atomic E-state index is -0.936. The molecule has 5 nitrogen and oxygen atoms in total. The van der Waals surface area contributed by atoms with E-state index >= 15 is 0 Å². The maximum absolute atomic E-state index is 12.9. The molecule has 142 valence electrons. The molecule has 0 aromatic rings. The monoisotopic (exact) mass is 352 g/mol. The quantitative estimate of drug-likeness (QED) is 0.369.